The molecule has 0 saturated carbocycles. The Morgan fingerprint density at radius 1 is 1.06 bits per heavy atom. The van der Waals surface area contributed by atoms with Gasteiger partial charge in [-0.3, -0.25) is 4.79 Å². The second-order valence-electron chi connectivity index (χ2n) is 3.73. The Hall–Kier alpha value is -2.05. The first-order valence-electron chi connectivity index (χ1n) is 5.51. The molecule has 18 heavy (non-hydrogen) atoms. The summed E-state index contributed by atoms with van der Waals surface area (Å²) in [6.07, 6.45) is 0. The van der Waals surface area contributed by atoms with Crippen LogP contribution in [0.15, 0.2) is 54.6 Å². The molecule has 2 rings (SSSR count). The van der Waals surface area contributed by atoms with Crippen LogP contribution >= 0.6 is 11.8 Å². The van der Waals surface area contributed by atoms with Crippen LogP contribution in [-0.4, -0.2) is 5.78 Å². The van der Waals surface area contributed by atoms with Crippen molar-refractivity contribution in [1.82, 2.24) is 0 Å². The summed E-state index contributed by atoms with van der Waals surface area (Å²) >= 11 is 1.14. The lowest BCUT2D eigenvalue weighted by Gasteiger charge is -2.06. The molecule has 3 heteroatoms. The van der Waals surface area contributed by atoms with Crippen LogP contribution in [0.3, 0.4) is 0 Å². The van der Waals surface area contributed by atoms with Crippen molar-refractivity contribution in [2.24, 2.45) is 0 Å². The largest absolute Gasteiger partial charge is 0.289 e. The molecule has 0 aliphatic rings. The topological polar surface area (TPSA) is 40.9 Å². The molecule has 0 bridgehead atoms. The SMILES string of the molecule is N#CSCc1ccccc1C(=O)c1ccccc1. The van der Waals surface area contributed by atoms with E-state index in [-0.39, 0.29) is 5.78 Å². The number of ketones is 1. The van der Waals surface area contributed by atoms with Gasteiger partial charge in [0.05, 0.1) is 0 Å². The van der Waals surface area contributed by atoms with Crippen molar-refractivity contribution < 1.29 is 4.79 Å². The van der Waals surface area contributed by atoms with Crippen molar-refractivity contribution in [2.45, 2.75) is 5.75 Å². The minimum atomic E-state index is 0.00439. The number of hydrogen-bond acceptors (Lipinski definition) is 3. The molecule has 88 valence electrons. The van der Waals surface area contributed by atoms with Gasteiger partial charge in [-0.1, -0.05) is 54.6 Å². The lowest BCUT2D eigenvalue weighted by molar-refractivity contribution is 0.103. The van der Waals surface area contributed by atoms with Crippen LogP contribution < -0.4 is 0 Å². The van der Waals surface area contributed by atoms with Gasteiger partial charge in [0.25, 0.3) is 0 Å². The molecule has 0 radical (unpaired) electrons. The second-order valence-corrected chi connectivity index (χ2v) is 4.49. The van der Waals surface area contributed by atoms with E-state index >= 15 is 0 Å². The van der Waals surface area contributed by atoms with Gasteiger partial charge >= 0.3 is 0 Å². The number of rotatable bonds is 4. The molecule has 0 aliphatic heterocycles. The van der Waals surface area contributed by atoms with Crippen LogP contribution in [0.2, 0.25) is 0 Å². The third-order valence-corrected chi connectivity index (χ3v) is 3.17. The first kappa shape index (κ1) is 12.4. The number of benzene rings is 2. The summed E-state index contributed by atoms with van der Waals surface area (Å²) in [6, 6.07) is 16.6. The number of carbonyl (C=O) groups excluding carboxylic acids is 1. The first-order valence-corrected chi connectivity index (χ1v) is 6.50. The van der Waals surface area contributed by atoms with Crippen LogP contribution in [0.25, 0.3) is 0 Å². The van der Waals surface area contributed by atoms with Gasteiger partial charge in [-0.2, -0.15) is 5.26 Å². The van der Waals surface area contributed by atoms with E-state index in [1.54, 1.807) is 12.1 Å². The van der Waals surface area contributed by atoms with E-state index in [1.807, 2.05) is 47.9 Å². The molecule has 2 aromatic carbocycles. The summed E-state index contributed by atoms with van der Waals surface area (Å²) in [6.45, 7) is 0. The highest BCUT2D eigenvalue weighted by Gasteiger charge is 2.12. The van der Waals surface area contributed by atoms with Crippen LogP contribution in [0.1, 0.15) is 21.5 Å². The van der Waals surface area contributed by atoms with Gasteiger partial charge in [-0.25, -0.2) is 0 Å². The second kappa shape index (κ2) is 6.04. The number of nitrogens with zero attached hydrogens (tertiary/aromatic N) is 1. The zero-order valence-electron chi connectivity index (χ0n) is 9.67. The number of nitriles is 1. The fourth-order valence-electron chi connectivity index (χ4n) is 1.72. The minimum Gasteiger partial charge on any atom is -0.289 e. The molecule has 0 amide bonds. The van der Waals surface area contributed by atoms with E-state index in [0.29, 0.717) is 16.9 Å². The Bertz CT molecular complexity index is 587. The molecule has 0 fully saturated rings. The van der Waals surface area contributed by atoms with Crippen LogP contribution in [-0.2, 0) is 5.75 Å². The van der Waals surface area contributed by atoms with E-state index in [4.69, 9.17) is 5.26 Å². The average molecular weight is 253 g/mol. The smallest absolute Gasteiger partial charge is 0.193 e. The Kier molecular flexibility index (Phi) is 4.16. The lowest BCUT2D eigenvalue weighted by Crippen LogP contribution is -2.04. The van der Waals surface area contributed by atoms with Gasteiger partial charge in [0, 0.05) is 16.9 Å². The lowest BCUT2D eigenvalue weighted by atomic mass is 9.99. The Morgan fingerprint density at radius 3 is 2.44 bits per heavy atom. The van der Waals surface area contributed by atoms with Gasteiger partial charge in [0.15, 0.2) is 5.78 Å². The van der Waals surface area contributed by atoms with Crippen LogP contribution in [0.4, 0.5) is 0 Å². The number of carbonyl (C=O) groups is 1. The van der Waals surface area contributed by atoms with Crippen molar-refractivity contribution in [3.8, 4) is 5.40 Å². The monoisotopic (exact) mass is 253 g/mol. The number of thiocyanates is 1. The fourth-order valence-corrected chi connectivity index (χ4v) is 2.19. The molecule has 0 atom stereocenters. The van der Waals surface area contributed by atoms with Gasteiger partial charge < -0.3 is 0 Å². The Balaban J connectivity index is 2.34. The molecule has 0 aromatic heterocycles. The zero-order valence-corrected chi connectivity index (χ0v) is 10.5. The predicted molar refractivity (Wildman–Crippen MR) is 73.2 cm³/mol. The molecule has 0 spiro atoms. The van der Waals surface area contributed by atoms with Crippen LogP contribution in [0, 0.1) is 10.7 Å². The van der Waals surface area contributed by atoms with Gasteiger partial charge in [-0.05, 0) is 17.3 Å². The zero-order chi connectivity index (χ0) is 12.8. The summed E-state index contributed by atoms with van der Waals surface area (Å²) in [7, 11) is 0. The normalized spacial score (nSPS) is 9.72. The maximum Gasteiger partial charge on any atom is 0.193 e. The van der Waals surface area contributed by atoms with E-state index in [0.717, 1.165) is 17.3 Å². The molecule has 0 N–H and O–H groups in total. The molecule has 0 aliphatic carbocycles. The number of thioether (sulfide) groups is 1. The van der Waals surface area contributed by atoms with Crippen molar-refractivity contribution >= 4 is 17.5 Å². The van der Waals surface area contributed by atoms with Crippen molar-refractivity contribution in [1.29, 1.82) is 5.26 Å². The molecular formula is C15H11NOS. The Morgan fingerprint density at radius 2 is 1.72 bits per heavy atom. The van der Waals surface area contributed by atoms with Crippen molar-refractivity contribution in [3.05, 3.63) is 71.3 Å². The quantitative estimate of drug-likeness (QED) is 0.617. The third kappa shape index (κ3) is 2.79. The predicted octanol–water partition coefficient (Wildman–Crippen LogP) is 3.63. The maximum atomic E-state index is 12.3. The highest BCUT2D eigenvalue weighted by Crippen LogP contribution is 2.19. The summed E-state index contributed by atoms with van der Waals surface area (Å²) in [4.78, 5) is 12.3. The average Bonchev–Trinajstić information content (AvgIpc) is 2.45. The van der Waals surface area contributed by atoms with E-state index in [1.165, 1.54) is 0 Å². The van der Waals surface area contributed by atoms with Crippen LogP contribution in [0.5, 0.6) is 0 Å². The summed E-state index contributed by atoms with van der Waals surface area (Å²) in [5.74, 6) is 0.537. The molecule has 0 saturated heterocycles. The van der Waals surface area contributed by atoms with Crippen molar-refractivity contribution in [3.63, 3.8) is 0 Å². The molecule has 2 aromatic rings. The fraction of sp³-hybridized carbons (Fsp3) is 0.0667. The molecule has 0 heterocycles. The minimum absolute atomic E-state index is 0.00439. The summed E-state index contributed by atoms with van der Waals surface area (Å²) in [5.41, 5.74) is 2.25. The van der Waals surface area contributed by atoms with Gasteiger partial charge in [0.2, 0.25) is 0 Å². The molecular weight excluding hydrogens is 242 g/mol. The molecule has 0 unspecified atom stereocenters. The van der Waals surface area contributed by atoms with E-state index in [2.05, 4.69) is 0 Å². The highest BCUT2D eigenvalue weighted by molar-refractivity contribution is 8.02. The highest BCUT2D eigenvalue weighted by atomic mass is 32.2. The Labute approximate surface area is 110 Å². The molecule has 2 nitrogen and oxygen atoms in total. The maximum absolute atomic E-state index is 12.3. The summed E-state index contributed by atoms with van der Waals surface area (Å²) < 4.78 is 0. The first-order chi connectivity index (χ1) is 8.83. The van der Waals surface area contributed by atoms with E-state index in [9.17, 15) is 4.79 Å². The number of hydrogen-bond donors (Lipinski definition) is 0. The third-order valence-electron chi connectivity index (χ3n) is 2.59. The standard InChI is InChI=1S/C15H11NOS/c16-11-18-10-13-8-4-5-9-14(13)15(17)12-6-2-1-3-7-12/h1-9H,10H2. The summed E-state index contributed by atoms with van der Waals surface area (Å²) in [5, 5.41) is 10.6. The van der Waals surface area contributed by atoms with Gasteiger partial charge in [0.1, 0.15) is 5.40 Å². The van der Waals surface area contributed by atoms with Crippen molar-refractivity contribution in [2.75, 3.05) is 0 Å². The van der Waals surface area contributed by atoms with Gasteiger partial charge in [-0.15, -0.1) is 0 Å². The van der Waals surface area contributed by atoms with E-state index < -0.39 is 0 Å².